The first kappa shape index (κ1) is 16.6. The smallest absolute Gasteiger partial charge is 0.173 e. The second kappa shape index (κ2) is 7.54. The van der Waals surface area contributed by atoms with E-state index in [1.807, 2.05) is 42.7 Å². The topological polar surface area (TPSA) is 65.6 Å². The van der Waals surface area contributed by atoms with Gasteiger partial charge in [0.25, 0.3) is 0 Å². The third-order valence-corrected chi connectivity index (χ3v) is 4.17. The molecule has 5 nitrogen and oxygen atoms in total. The number of aromatic nitrogens is 3. The minimum Gasteiger partial charge on any atom is -0.453 e. The van der Waals surface area contributed by atoms with Crippen molar-refractivity contribution < 1.29 is 9.30 Å². The monoisotopic (exact) mass is 353 g/mol. The van der Waals surface area contributed by atoms with Gasteiger partial charge in [0.2, 0.25) is 0 Å². The Morgan fingerprint density at radius 3 is 2.59 bits per heavy atom. The third kappa shape index (κ3) is 3.86. The zero-order chi connectivity index (χ0) is 18.5. The molecule has 0 unspecified atom stereocenters. The van der Waals surface area contributed by atoms with Crippen LogP contribution < -0.4 is 9.30 Å². The molecule has 4 rings (SSSR count). The van der Waals surface area contributed by atoms with Gasteiger partial charge in [-0.25, -0.2) is 4.57 Å². The van der Waals surface area contributed by atoms with Crippen LogP contribution in [0.25, 0.3) is 11.3 Å². The highest BCUT2D eigenvalue weighted by Gasteiger charge is 2.12. The predicted octanol–water partition coefficient (Wildman–Crippen LogP) is 4.08. The molecule has 130 valence electrons. The minimum absolute atomic E-state index is 0.598. The highest BCUT2D eigenvalue weighted by molar-refractivity contribution is 5.66. The number of pyridine rings is 1. The van der Waals surface area contributed by atoms with E-state index in [1.54, 1.807) is 30.5 Å². The lowest BCUT2D eigenvalue weighted by molar-refractivity contribution is -0.688. The molecule has 0 fully saturated rings. The van der Waals surface area contributed by atoms with Gasteiger partial charge in [-0.2, -0.15) is 10.4 Å². The number of nitrogens with one attached hydrogen (secondary N) is 1. The first-order valence-corrected chi connectivity index (χ1v) is 8.56. The Morgan fingerprint density at radius 2 is 1.81 bits per heavy atom. The van der Waals surface area contributed by atoms with Gasteiger partial charge in [-0.15, -0.1) is 0 Å². The summed E-state index contributed by atoms with van der Waals surface area (Å²) in [7, 11) is 0. The molecule has 0 bridgehead atoms. The van der Waals surface area contributed by atoms with E-state index >= 15 is 0 Å². The van der Waals surface area contributed by atoms with Crippen LogP contribution in [-0.4, -0.2) is 10.2 Å². The summed E-state index contributed by atoms with van der Waals surface area (Å²) in [5, 5.41) is 16.1. The van der Waals surface area contributed by atoms with Gasteiger partial charge in [-0.05, 0) is 30.3 Å². The van der Waals surface area contributed by atoms with Gasteiger partial charge < -0.3 is 4.74 Å². The van der Waals surface area contributed by atoms with Gasteiger partial charge in [0.05, 0.1) is 17.8 Å². The number of benzene rings is 2. The van der Waals surface area contributed by atoms with Crippen molar-refractivity contribution in [3.63, 3.8) is 0 Å². The fraction of sp³-hybridized carbons (Fsp3) is 0.0455. The molecule has 0 aliphatic carbocycles. The van der Waals surface area contributed by atoms with E-state index < -0.39 is 0 Å². The zero-order valence-corrected chi connectivity index (χ0v) is 14.5. The van der Waals surface area contributed by atoms with Crippen LogP contribution in [0, 0.1) is 11.3 Å². The molecule has 0 spiro atoms. The predicted molar refractivity (Wildman–Crippen MR) is 101 cm³/mol. The second-order valence-electron chi connectivity index (χ2n) is 6.10. The Morgan fingerprint density at radius 1 is 1.00 bits per heavy atom. The molecule has 2 aromatic carbocycles. The van der Waals surface area contributed by atoms with Gasteiger partial charge >= 0.3 is 0 Å². The van der Waals surface area contributed by atoms with Crippen molar-refractivity contribution in [2.24, 2.45) is 0 Å². The number of nitriles is 1. The zero-order valence-electron chi connectivity index (χ0n) is 14.5. The fourth-order valence-corrected chi connectivity index (χ4v) is 2.86. The van der Waals surface area contributed by atoms with Crippen molar-refractivity contribution in [1.29, 1.82) is 5.26 Å². The molecule has 0 saturated heterocycles. The largest absolute Gasteiger partial charge is 0.453 e. The van der Waals surface area contributed by atoms with E-state index in [9.17, 15) is 0 Å². The number of rotatable bonds is 5. The molecule has 27 heavy (non-hydrogen) atoms. The average Bonchev–Trinajstić information content (AvgIpc) is 3.18. The number of hydrogen-bond acceptors (Lipinski definition) is 3. The van der Waals surface area contributed by atoms with Gasteiger partial charge in [0.15, 0.2) is 24.7 Å². The lowest BCUT2D eigenvalue weighted by Gasteiger charge is -2.07. The van der Waals surface area contributed by atoms with E-state index in [4.69, 9.17) is 10.00 Å². The van der Waals surface area contributed by atoms with E-state index in [1.165, 1.54) is 5.56 Å². The van der Waals surface area contributed by atoms with Crippen LogP contribution in [0.3, 0.4) is 0 Å². The molecule has 1 N–H and O–H groups in total. The standard InChI is InChI=1S/C22H17N4O/c23-14-17-7-9-20(10-8-17)27-21-15-24-25-22(21)19-6-4-5-18(13-19)16-26-11-2-1-3-12-26/h1-13,15H,16H2,(H,24,25)/q+1. The summed E-state index contributed by atoms with van der Waals surface area (Å²) in [6.07, 6.45) is 5.75. The third-order valence-electron chi connectivity index (χ3n) is 4.17. The first-order chi connectivity index (χ1) is 13.3. The fourth-order valence-electron chi connectivity index (χ4n) is 2.86. The number of H-pyrrole nitrogens is 1. The van der Waals surface area contributed by atoms with Crippen molar-refractivity contribution in [3.8, 4) is 28.8 Å². The van der Waals surface area contributed by atoms with Gasteiger partial charge in [0, 0.05) is 23.3 Å². The number of nitrogens with zero attached hydrogens (tertiary/aromatic N) is 3. The van der Waals surface area contributed by atoms with Crippen LogP contribution in [0.4, 0.5) is 0 Å². The molecular formula is C22H17N4O+. The Labute approximate surface area is 157 Å². The van der Waals surface area contributed by atoms with E-state index in [-0.39, 0.29) is 0 Å². The summed E-state index contributed by atoms with van der Waals surface area (Å²) in [4.78, 5) is 0. The average molecular weight is 353 g/mol. The molecular weight excluding hydrogens is 336 g/mol. The van der Waals surface area contributed by atoms with Crippen molar-refractivity contribution in [1.82, 2.24) is 10.2 Å². The molecule has 0 atom stereocenters. The first-order valence-electron chi connectivity index (χ1n) is 8.56. The van der Waals surface area contributed by atoms with Crippen LogP contribution in [0.5, 0.6) is 11.5 Å². The summed E-state index contributed by atoms with van der Waals surface area (Å²) >= 11 is 0. The summed E-state index contributed by atoms with van der Waals surface area (Å²) in [6, 6.07) is 23.4. The number of ether oxygens (including phenoxy) is 1. The maximum absolute atomic E-state index is 8.90. The Kier molecular flexibility index (Phi) is 4.62. The minimum atomic E-state index is 0.598. The van der Waals surface area contributed by atoms with Crippen molar-refractivity contribution in [2.75, 3.05) is 0 Å². The summed E-state index contributed by atoms with van der Waals surface area (Å²) in [5.41, 5.74) is 3.60. The second-order valence-corrected chi connectivity index (χ2v) is 6.10. The Bertz CT molecular complexity index is 1080. The molecule has 0 radical (unpaired) electrons. The normalized spacial score (nSPS) is 10.3. The summed E-state index contributed by atoms with van der Waals surface area (Å²) in [5.74, 6) is 1.30. The maximum Gasteiger partial charge on any atom is 0.173 e. The van der Waals surface area contributed by atoms with E-state index in [2.05, 4.69) is 33.0 Å². The van der Waals surface area contributed by atoms with Crippen LogP contribution >= 0.6 is 0 Å². The van der Waals surface area contributed by atoms with Crippen LogP contribution in [-0.2, 0) is 6.54 Å². The highest BCUT2D eigenvalue weighted by Crippen LogP contribution is 2.31. The van der Waals surface area contributed by atoms with Crippen molar-refractivity contribution in [3.05, 3.63) is 96.4 Å². The summed E-state index contributed by atoms with van der Waals surface area (Å²) in [6.45, 7) is 0.786. The number of hydrogen-bond donors (Lipinski definition) is 1. The van der Waals surface area contributed by atoms with Gasteiger partial charge in [-0.3, -0.25) is 5.10 Å². The lowest BCUT2D eigenvalue weighted by Crippen LogP contribution is -2.32. The van der Waals surface area contributed by atoms with Gasteiger partial charge in [-0.1, -0.05) is 24.3 Å². The molecule has 0 saturated carbocycles. The number of aromatic amines is 1. The molecule has 4 aromatic rings. The molecule has 2 heterocycles. The Balaban J connectivity index is 1.58. The Hall–Kier alpha value is -3.91. The van der Waals surface area contributed by atoms with Crippen LogP contribution in [0.1, 0.15) is 11.1 Å². The van der Waals surface area contributed by atoms with Crippen LogP contribution in [0.15, 0.2) is 85.3 Å². The molecule has 0 amide bonds. The van der Waals surface area contributed by atoms with Gasteiger partial charge in [0.1, 0.15) is 11.4 Å². The lowest BCUT2D eigenvalue weighted by atomic mass is 10.1. The van der Waals surface area contributed by atoms with E-state index in [0.717, 1.165) is 17.8 Å². The van der Waals surface area contributed by atoms with Crippen LogP contribution in [0.2, 0.25) is 0 Å². The maximum atomic E-state index is 8.90. The highest BCUT2D eigenvalue weighted by atomic mass is 16.5. The van der Waals surface area contributed by atoms with Crippen molar-refractivity contribution in [2.45, 2.75) is 6.54 Å². The molecule has 5 heteroatoms. The quantitative estimate of drug-likeness (QED) is 0.550. The SMILES string of the molecule is N#Cc1ccc(Oc2cn[nH]c2-c2cccc(C[n+]3ccccc3)c2)cc1. The molecule has 0 aliphatic heterocycles. The van der Waals surface area contributed by atoms with Crippen molar-refractivity contribution >= 4 is 0 Å². The molecule has 2 aromatic heterocycles. The molecule has 0 aliphatic rings. The van der Waals surface area contributed by atoms with E-state index in [0.29, 0.717) is 17.1 Å². The summed E-state index contributed by atoms with van der Waals surface area (Å²) < 4.78 is 8.08.